The van der Waals surface area contributed by atoms with Crippen LogP contribution >= 0.6 is 34.8 Å². The quantitative estimate of drug-likeness (QED) is 0.138. The molecule has 690 valence electrons. The number of rotatable bonds is 8. The van der Waals surface area contributed by atoms with E-state index in [4.69, 9.17) is 72.7 Å². The van der Waals surface area contributed by atoms with Gasteiger partial charge in [-0.05, 0) is 174 Å². The first-order chi connectivity index (χ1) is 61.4. The van der Waals surface area contributed by atoms with Crippen LogP contribution in [0.15, 0.2) is 201 Å². The fourth-order valence-corrected chi connectivity index (χ4v) is 16.1. The molecule has 16 aromatic rings. The third kappa shape index (κ3) is 26.5. The Labute approximate surface area is 788 Å². The summed E-state index contributed by atoms with van der Waals surface area (Å²) in [6.07, 6.45) is 12.1. The third-order valence-electron chi connectivity index (χ3n) is 21.3. The van der Waals surface area contributed by atoms with Crippen molar-refractivity contribution in [2.24, 2.45) is 0 Å². The van der Waals surface area contributed by atoms with Crippen molar-refractivity contribution in [3.8, 4) is 46.6 Å². The number of para-hydroxylation sites is 2. The third-order valence-corrected chi connectivity index (χ3v) is 22.2. The Morgan fingerprint density at radius 3 is 0.992 bits per heavy atom. The van der Waals surface area contributed by atoms with Gasteiger partial charge in [-0.3, -0.25) is 24.9 Å². The molecule has 20 nitrogen and oxygen atoms in total. The number of halogens is 3. The zero-order valence-corrected chi connectivity index (χ0v) is 84.6. The number of aromatic nitrogens is 12. The topological polar surface area (TPSA) is 229 Å². The standard InChI is InChI=1S/C14H16ClNO.3C14H17NO.2C13H15ClN2O.2C13H16N2O/c1-14(2,3)13-10-7-9(17-4)5-6-12(10)16-8-11(13)15;1-14(2,3)12-7-8-15-13-6-5-10(16-4)9-11(12)13;1-14(2,3)12-6-5-7-13-11(12)8-10(16-4)9-15-13;1-14(2,3)11-7-5-6-10-8-9-12(16-4)15-13(10)11;1-13(2,3)11-8(14)7-15-9-5-6-10(17-4)16-12(9)11;1-13(2,3)11-8(14)5-6-9-12(11)16-10(17-4)7-15-9;1-13(2,3)9-7-8-14-10-5-6-11(16-4)15-12(9)10;1-13(2,3)9-6-5-7-10-12(9)15-11(16-4)8-14-10/h5-8H,1-4H3;3*5-9H,1-4H3;2*5-7H,1-4H3;2*5-8H,1-4H3. The van der Waals surface area contributed by atoms with Gasteiger partial charge in [0.25, 0.3) is 0 Å². The highest BCUT2D eigenvalue weighted by atomic mass is 35.5. The summed E-state index contributed by atoms with van der Waals surface area (Å²) < 4.78 is 41.5. The van der Waals surface area contributed by atoms with Gasteiger partial charge in [-0.1, -0.05) is 243 Å². The summed E-state index contributed by atoms with van der Waals surface area (Å²) >= 11 is 18.8. The average Bonchev–Trinajstić information content (AvgIpc) is 0.778. The number of pyridine rings is 8. The van der Waals surface area contributed by atoms with E-state index in [9.17, 15) is 0 Å². The van der Waals surface area contributed by atoms with Gasteiger partial charge >= 0.3 is 0 Å². The molecule has 0 amide bonds. The summed E-state index contributed by atoms with van der Waals surface area (Å²) in [5.41, 5.74) is 20.6. The molecule has 0 saturated heterocycles. The van der Waals surface area contributed by atoms with Crippen LogP contribution in [0, 0.1) is 0 Å². The zero-order chi connectivity index (χ0) is 96.7. The molecule has 23 heteroatoms. The minimum Gasteiger partial charge on any atom is -0.497 e. The number of nitrogens with zero attached hydrogens (tertiary/aromatic N) is 12. The van der Waals surface area contributed by atoms with E-state index < -0.39 is 0 Å². The second kappa shape index (κ2) is 42.9. The van der Waals surface area contributed by atoms with Gasteiger partial charge < -0.3 is 37.9 Å². The lowest BCUT2D eigenvalue weighted by Crippen LogP contribution is -2.13. The van der Waals surface area contributed by atoms with Crippen molar-refractivity contribution in [1.29, 1.82) is 0 Å². The average molecular weight is 1830 g/mol. The Kier molecular flexibility index (Phi) is 33.7. The smallest absolute Gasteiger partial charge is 0.232 e. The molecule has 16 rings (SSSR count). The second-order valence-electron chi connectivity index (χ2n) is 39.7. The number of benzene rings is 6. The Bertz CT molecular complexity index is 5830. The fraction of sp³-hybridized carbons (Fsp3) is 0.370. The molecule has 0 aliphatic carbocycles. The number of hydrogen-bond acceptors (Lipinski definition) is 20. The van der Waals surface area contributed by atoms with Gasteiger partial charge in [0.2, 0.25) is 29.4 Å². The fourth-order valence-electron chi connectivity index (χ4n) is 14.8. The molecule has 0 spiro atoms. The summed E-state index contributed by atoms with van der Waals surface area (Å²) in [6.45, 7) is 51.9. The van der Waals surface area contributed by atoms with Crippen LogP contribution in [0.2, 0.25) is 15.1 Å². The molecule has 0 radical (unpaired) electrons. The molecule has 6 aromatic carbocycles. The van der Waals surface area contributed by atoms with Crippen LogP contribution in [0.1, 0.15) is 211 Å². The molecule has 0 aliphatic heterocycles. The van der Waals surface area contributed by atoms with Gasteiger partial charge in [0.15, 0.2) is 0 Å². The van der Waals surface area contributed by atoms with Crippen LogP contribution < -0.4 is 37.9 Å². The van der Waals surface area contributed by atoms with Crippen molar-refractivity contribution >= 4 is 123 Å². The SMILES string of the molecule is COc1ccc2cccc(C(C)(C)C)c2n1.COc1ccc2ncc(Cl)c(C(C)(C)C)c2c1.COc1ccc2ncc(Cl)c(C(C)(C)C)c2n1.COc1ccc2nccc(C(C)(C)C)c2c1.COc1ccc2nccc(C(C)(C)C)c2n1.COc1cnc2ccc(Cl)c(C(C)(C)C)c2n1.COc1cnc2cccc(C(C)(C)C)c2c1.COc1cnc2cccc(C(C)(C)C)c2n1. The molecule has 10 heterocycles. The van der Waals surface area contributed by atoms with E-state index in [0.29, 0.717) is 44.5 Å². The van der Waals surface area contributed by atoms with E-state index in [1.165, 1.54) is 38.6 Å². The Balaban J connectivity index is 0.000000169. The highest BCUT2D eigenvalue weighted by Crippen LogP contribution is 2.41. The van der Waals surface area contributed by atoms with Crippen LogP contribution in [-0.4, -0.2) is 117 Å². The van der Waals surface area contributed by atoms with Crippen LogP contribution in [0.4, 0.5) is 0 Å². The van der Waals surface area contributed by atoms with Crippen LogP contribution in [-0.2, 0) is 43.3 Å². The van der Waals surface area contributed by atoms with Gasteiger partial charge in [-0.2, -0.15) is 0 Å². The molecule has 0 bridgehead atoms. The largest absolute Gasteiger partial charge is 0.497 e. The molecule has 0 aliphatic rings. The van der Waals surface area contributed by atoms with Crippen molar-refractivity contribution in [2.45, 2.75) is 209 Å². The minimum atomic E-state index is -0.0857. The van der Waals surface area contributed by atoms with Gasteiger partial charge in [0.1, 0.15) is 17.2 Å². The molecule has 0 N–H and O–H groups in total. The van der Waals surface area contributed by atoms with Gasteiger partial charge in [-0.25, -0.2) is 34.9 Å². The lowest BCUT2D eigenvalue weighted by Gasteiger charge is -2.22. The molecule has 0 unspecified atom stereocenters. The van der Waals surface area contributed by atoms with Gasteiger partial charge in [-0.15, -0.1) is 0 Å². The molecule has 0 saturated carbocycles. The summed E-state index contributed by atoms with van der Waals surface area (Å²) in [5, 5.41) is 6.64. The highest BCUT2D eigenvalue weighted by Gasteiger charge is 2.28. The lowest BCUT2D eigenvalue weighted by molar-refractivity contribution is 0.397. The normalized spacial score (nSPS) is 11.8. The molecule has 0 atom stereocenters. The number of hydrogen-bond donors (Lipinski definition) is 0. The van der Waals surface area contributed by atoms with Crippen molar-refractivity contribution in [2.75, 3.05) is 56.9 Å². The zero-order valence-electron chi connectivity index (χ0n) is 82.3. The van der Waals surface area contributed by atoms with Gasteiger partial charge in [0.05, 0.1) is 152 Å². The maximum absolute atomic E-state index is 6.28. The van der Waals surface area contributed by atoms with Crippen molar-refractivity contribution < 1.29 is 37.9 Å². The van der Waals surface area contributed by atoms with Crippen molar-refractivity contribution in [3.05, 3.63) is 261 Å². The van der Waals surface area contributed by atoms with E-state index >= 15 is 0 Å². The van der Waals surface area contributed by atoms with E-state index in [2.05, 4.69) is 287 Å². The molecular weight excluding hydrogens is 1700 g/mol. The summed E-state index contributed by atoms with van der Waals surface area (Å²) in [5.74, 6) is 5.46. The molecule has 131 heavy (non-hydrogen) atoms. The summed E-state index contributed by atoms with van der Waals surface area (Å²) in [7, 11) is 13.1. The lowest BCUT2D eigenvalue weighted by atomic mass is 9.84. The minimum absolute atomic E-state index is 0.0232. The highest BCUT2D eigenvalue weighted by molar-refractivity contribution is 6.33. The van der Waals surface area contributed by atoms with Crippen LogP contribution in [0.25, 0.3) is 87.7 Å². The number of fused-ring (bicyclic) bond motifs is 8. The van der Waals surface area contributed by atoms with E-state index in [1.54, 1.807) is 93.9 Å². The Hall–Kier alpha value is -12.0. The molecule has 0 fully saturated rings. The van der Waals surface area contributed by atoms with Crippen molar-refractivity contribution in [1.82, 2.24) is 59.8 Å². The van der Waals surface area contributed by atoms with Gasteiger partial charge in [0, 0.05) is 80.7 Å². The maximum atomic E-state index is 6.28. The predicted molar refractivity (Wildman–Crippen MR) is 542 cm³/mol. The Morgan fingerprint density at radius 1 is 0.214 bits per heavy atom. The predicted octanol–water partition coefficient (Wildman–Crippen LogP) is 27.9. The summed E-state index contributed by atoms with van der Waals surface area (Å²) in [4.78, 5) is 52.8. The summed E-state index contributed by atoms with van der Waals surface area (Å²) in [6, 6.07) is 51.8. The first kappa shape index (κ1) is 103. The van der Waals surface area contributed by atoms with E-state index in [1.807, 2.05) is 103 Å². The molecular formula is C108H129Cl3N12O8. The van der Waals surface area contributed by atoms with Crippen LogP contribution in [0.5, 0.6) is 46.6 Å². The second-order valence-corrected chi connectivity index (χ2v) is 40.9. The first-order valence-corrected chi connectivity index (χ1v) is 44.6. The Morgan fingerprint density at radius 2 is 0.519 bits per heavy atom. The van der Waals surface area contributed by atoms with E-state index in [-0.39, 0.29) is 43.3 Å². The number of ether oxygens (including phenoxy) is 8. The number of methoxy groups -OCH3 is 8. The van der Waals surface area contributed by atoms with Crippen LogP contribution in [0.3, 0.4) is 0 Å². The van der Waals surface area contributed by atoms with Crippen molar-refractivity contribution in [3.63, 3.8) is 0 Å². The first-order valence-electron chi connectivity index (χ1n) is 43.4. The molecule has 10 aromatic heterocycles. The van der Waals surface area contributed by atoms with E-state index in [0.717, 1.165) is 111 Å². The maximum Gasteiger partial charge on any atom is 0.232 e. The monoisotopic (exact) mass is 1830 g/mol.